The third-order valence-corrected chi connectivity index (χ3v) is 6.13. The van der Waals surface area contributed by atoms with Crippen LogP contribution in [0.3, 0.4) is 0 Å². The molecule has 6 heteroatoms. The van der Waals surface area contributed by atoms with Gasteiger partial charge in [-0.3, -0.25) is 4.79 Å². The fourth-order valence-electron chi connectivity index (χ4n) is 3.96. The summed E-state index contributed by atoms with van der Waals surface area (Å²) in [5.41, 5.74) is 5.43. The number of carbonyl (C=O) groups excluding carboxylic acids is 1. The zero-order chi connectivity index (χ0) is 20.5. The molecule has 29 heavy (non-hydrogen) atoms. The largest absolute Gasteiger partial charge is 0.493 e. The molecule has 0 spiro atoms. The van der Waals surface area contributed by atoms with Gasteiger partial charge in [-0.2, -0.15) is 0 Å². The van der Waals surface area contributed by atoms with Crippen molar-refractivity contribution in [1.29, 1.82) is 0 Å². The number of ether oxygens (including phenoxy) is 2. The van der Waals surface area contributed by atoms with Crippen molar-refractivity contribution in [3.05, 3.63) is 57.9 Å². The van der Waals surface area contributed by atoms with E-state index < -0.39 is 0 Å². The van der Waals surface area contributed by atoms with Crippen molar-refractivity contribution in [2.24, 2.45) is 0 Å². The lowest BCUT2D eigenvalue weighted by Crippen LogP contribution is -2.33. The van der Waals surface area contributed by atoms with Crippen LogP contribution in [0.1, 0.15) is 30.0 Å². The van der Waals surface area contributed by atoms with E-state index >= 15 is 0 Å². The number of thiazole rings is 1. The number of rotatable bonds is 5. The molecular formula is C23H24N2O3S. The van der Waals surface area contributed by atoms with Gasteiger partial charge >= 0.3 is 0 Å². The first-order chi connectivity index (χ1) is 14.0. The number of carbonyl (C=O) groups is 1. The number of benzene rings is 2. The second-order valence-electron chi connectivity index (χ2n) is 7.28. The Kier molecular flexibility index (Phi) is 5.28. The normalized spacial score (nSPS) is 15.3. The van der Waals surface area contributed by atoms with Crippen LogP contribution in [0.4, 0.5) is 5.69 Å². The van der Waals surface area contributed by atoms with E-state index in [1.807, 2.05) is 29.2 Å². The van der Waals surface area contributed by atoms with Gasteiger partial charge in [0, 0.05) is 36.0 Å². The van der Waals surface area contributed by atoms with E-state index in [4.69, 9.17) is 14.5 Å². The predicted octanol–water partition coefficient (Wildman–Crippen LogP) is 4.72. The van der Waals surface area contributed by atoms with Crippen molar-refractivity contribution in [3.63, 3.8) is 0 Å². The Labute approximate surface area is 174 Å². The van der Waals surface area contributed by atoms with Crippen molar-refractivity contribution in [1.82, 2.24) is 4.98 Å². The van der Waals surface area contributed by atoms with E-state index in [9.17, 15) is 4.79 Å². The number of hydrogen-bond acceptors (Lipinski definition) is 5. The highest BCUT2D eigenvalue weighted by Gasteiger charge is 2.29. The summed E-state index contributed by atoms with van der Waals surface area (Å²) >= 11 is 1.65. The Bertz CT molecular complexity index is 1060. The number of fused-ring (bicyclic) bond motifs is 1. The molecular weight excluding hydrogens is 384 g/mol. The third-order valence-electron chi connectivity index (χ3n) is 5.29. The van der Waals surface area contributed by atoms with Gasteiger partial charge < -0.3 is 14.4 Å². The molecule has 1 aromatic heterocycles. The smallest absolute Gasteiger partial charge is 0.224 e. The fourth-order valence-corrected chi connectivity index (χ4v) is 4.80. The van der Waals surface area contributed by atoms with Gasteiger partial charge in [0.2, 0.25) is 5.91 Å². The van der Waals surface area contributed by atoms with Crippen LogP contribution in [-0.2, 0) is 17.6 Å². The van der Waals surface area contributed by atoms with E-state index in [1.165, 1.54) is 5.56 Å². The van der Waals surface area contributed by atoms with Crippen LogP contribution < -0.4 is 14.4 Å². The fraction of sp³-hybridized carbons (Fsp3) is 0.304. The van der Waals surface area contributed by atoms with Crippen LogP contribution in [0.2, 0.25) is 0 Å². The summed E-state index contributed by atoms with van der Waals surface area (Å²) in [5, 5.41) is 3.14. The molecule has 0 aliphatic carbocycles. The maximum absolute atomic E-state index is 11.9. The zero-order valence-corrected chi connectivity index (χ0v) is 17.9. The SMILES string of the molecule is COc1ccc(Cc2nc(-c3ccc4c(c3)C[C@@H](C)N4C(C)=O)cs2)cc1OC. The molecule has 3 aromatic rings. The molecule has 150 valence electrons. The van der Waals surface area contributed by atoms with Crippen LogP contribution in [0.25, 0.3) is 11.3 Å². The first-order valence-corrected chi connectivity index (χ1v) is 10.5. The van der Waals surface area contributed by atoms with Crippen molar-refractivity contribution in [3.8, 4) is 22.8 Å². The minimum absolute atomic E-state index is 0.0925. The summed E-state index contributed by atoms with van der Waals surface area (Å²) < 4.78 is 10.7. The average molecular weight is 409 g/mol. The van der Waals surface area contributed by atoms with Crippen molar-refractivity contribution >= 4 is 22.9 Å². The van der Waals surface area contributed by atoms with Gasteiger partial charge in [0.15, 0.2) is 11.5 Å². The molecule has 4 rings (SSSR count). The molecule has 0 saturated carbocycles. The van der Waals surface area contributed by atoms with Crippen LogP contribution in [0, 0.1) is 0 Å². The quantitative estimate of drug-likeness (QED) is 0.613. The lowest BCUT2D eigenvalue weighted by molar-refractivity contribution is -0.116. The average Bonchev–Trinajstić information content (AvgIpc) is 3.30. The molecule has 2 heterocycles. The van der Waals surface area contributed by atoms with E-state index in [2.05, 4.69) is 24.4 Å². The predicted molar refractivity (Wildman–Crippen MR) is 116 cm³/mol. The Balaban J connectivity index is 1.56. The topological polar surface area (TPSA) is 51.7 Å². The number of amides is 1. The van der Waals surface area contributed by atoms with E-state index in [0.717, 1.165) is 51.9 Å². The maximum atomic E-state index is 11.9. The monoisotopic (exact) mass is 408 g/mol. The van der Waals surface area contributed by atoms with Gasteiger partial charge in [0.25, 0.3) is 0 Å². The van der Waals surface area contributed by atoms with E-state index in [1.54, 1.807) is 32.5 Å². The summed E-state index contributed by atoms with van der Waals surface area (Å²) in [6, 6.07) is 12.4. The Morgan fingerprint density at radius 1 is 1.17 bits per heavy atom. The number of hydrogen-bond donors (Lipinski definition) is 0. The lowest BCUT2D eigenvalue weighted by Gasteiger charge is -2.20. The molecule has 5 nitrogen and oxygen atoms in total. The van der Waals surface area contributed by atoms with Gasteiger partial charge in [-0.15, -0.1) is 11.3 Å². The van der Waals surface area contributed by atoms with Gasteiger partial charge in [-0.1, -0.05) is 12.1 Å². The van der Waals surface area contributed by atoms with E-state index in [-0.39, 0.29) is 11.9 Å². The molecule has 1 aliphatic heterocycles. The standard InChI is InChI=1S/C23H24N2O3S/c1-14-9-18-12-17(6-7-20(18)25(14)15(2)26)19-13-29-23(24-19)11-16-5-8-21(27-3)22(10-16)28-4/h5-8,10,12-14H,9,11H2,1-4H3/t14-/m1/s1. The number of anilines is 1. The van der Waals surface area contributed by atoms with Gasteiger partial charge in [0.05, 0.1) is 24.9 Å². The van der Waals surface area contributed by atoms with Crippen molar-refractivity contribution in [2.75, 3.05) is 19.1 Å². The summed E-state index contributed by atoms with van der Waals surface area (Å²) in [7, 11) is 3.28. The molecule has 0 unspecified atom stereocenters. The van der Waals surface area contributed by atoms with Crippen LogP contribution in [0.5, 0.6) is 11.5 Å². The molecule has 1 aliphatic rings. The molecule has 2 aromatic carbocycles. The summed E-state index contributed by atoms with van der Waals surface area (Å²) in [6.07, 6.45) is 1.62. The summed E-state index contributed by atoms with van der Waals surface area (Å²) in [5.74, 6) is 1.54. The van der Waals surface area contributed by atoms with Gasteiger partial charge in [-0.25, -0.2) is 4.98 Å². The summed E-state index contributed by atoms with van der Waals surface area (Å²) in [6.45, 7) is 3.71. The van der Waals surface area contributed by atoms with Crippen molar-refractivity contribution in [2.45, 2.75) is 32.7 Å². The van der Waals surface area contributed by atoms with Crippen LogP contribution in [0.15, 0.2) is 41.8 Å². The number of nitrogens with zero attached hydrogens (tertiary/aromatic N) is 2. The lowest BCUT2D eigenvalue weighted by atomic mass is 10.1. The number of aromatic nitrogens is 1. The Morgan fingerprint density at radius 2 is 1.97 bits per heavy atom. The van der Waals surface area contributed by atoms with Crippen molar-refractivity contribution < 1.29 is 14.3 Å². The Morgan fingerprint density at radius 3 is 2.69 bits per heavy atom. The maximum Gasteiger partial charge on any atom is 0.224 e. The Hall–Kier alpha value is -2.86. The molecule has 1 atom stereocenters. The second kappa shape index (κ2) is 7.87. The van der Waals surface area contributed by atoms with Crippen LogP contribution >= 0.6 is 11.3 Å². The first kappa shape index (κ1) is 19.5. The molecule has 0 fully saturated rings. The second-order valence-corrected chi connectivity index (χ2v) is 8.22. The highest BCUT2D eigenvalue weighted by Crippen LogP contribution is 2.36. The molecule has 0 saturated heterocycles. The minimum Gasteiger partial charge on any atom is -0.493 e. The van der Waals surface area contributed by atoms with Gasteiger partial charge in [-0.05, 0) is 48.7 Å². The minimum atomic E-state index is 0.0925. The van der Waals surface area contributed by atoms with Gasteiger partial charge in [0.1, 0.15) is 0 Å². The highest BCUT2D eigenvalue weighted by molar-refractivity contribution is 7.10. The molecule has 0 bridgehead atoms. The van der Waals surface area contributed by atoms with Crippen LogP contribution in [-0.4, -0.2) is 31.2 Å². The third kappa shape index (κ3) is 3.72. The molecule has 0 N–H and O–H groups in total. The number of methoxy groups -OCH3 is 2. The van der Waals surface area contributed by atoms with E-state index in [0.29, 0.717) is 0 Å². The highest BCUT2D eigenvalue weighted by atomic mass is 32.1. The summed E-state index contributed by atoms with van der Waals surface area (Å²) in [4.78, 5) is 18.7. The molecule has 0 radical (unpaired) electrons. The molecule has 1 amide bonds. The first-order valence-electron chi connectivity index (χ1n) is 9.58. The zero-order valence-electron chi connectivity index (χ0n) is 17.1.